The largest absolute Gasteiger partial charge is 0.508 e. The first-order chi connectivity index (χ1) is 7.06. The molecular formula is C12H15ClO2. The Hall–Kier alpha value is -1.02. The van der Waals surface area contributed by atoms with Gasteiger partial charge in [-0.3, -0.25) is 4.79 Å². The highest BCUT2D eigenvalue weighted by molar-refractivity contribution is 6.18. The monoisotopic (exact) mass is 226 g/mol. The molecule has 3 heteroatoms. The molecule has 82 valence electrons. The number of rotatable bonds is 4. The zero-order valence-corrected chi connectivity index (χ0v) is 9.77. The Bertz CT molecular complexity index is 349. The summed E-state index contributed by atoms with van der Waals surface area (Å²) in [6.45, 7) is 3.67. The van der Waals surface area contributed by atoms with Gasteiger partial charge in [0.15, 0.2) is 5.78 Å². The second-order valence-electron chi connectivity index (χ2n) is 3.67. The van der Waals surface area contributed by atoms with E-state index in [9.17, 15) is 9.90 Å². The van der Waals surface area contributed by atoms with Gasteiger partial charge in [-0.25, -0.2) is 0 Å². The van der Waals surface area contributed by atoms with Crippen LogP contribution in [0.3, 0.4) is 0 Å². The third kappa shape index (κ3) is 2.96. The molecule has 1 aromatic carbocycles. The first-order valence-electron chi connectivity index (χ1n) is 4.95. The minimum absolute atomic E-state index is 0.102. The number of carbonyl (C=O) groups excluding carboxylic acids is 1. The summed E-state index contributed by atoms with van der Waals surface area (Å²) in [5, 5.41) is 9.34. The Labute approximate surface area is 94.9 Å². The van der Waals surface area contributed by atoms with E-state index in [-0.39, 0.29) is 11.5 Å². The number of benzene rings is 1. The van der Waals surface area contributed by atoms with Crippen LogP contribution in [0.25, 0.3) is 0 Å². The normalized spacial score (nSPS) is 10.3. The van der Waals surface area contributed by atoms with Crippen LogP contribution in [0.1, 0.15) is 34.3 Å². The molecule has 0 amide bonds. The molecule has 1 N–H and O–H groups in total. The molecule has 2 nitrogen and oxygen atoms in total. The Morgan fingerprint density at radius 1 is 1.33 bits per heavy atom. The fourth-order valence-corrected chi connectivity index (χ4v) is 1.87. The van der Waals surface area contributed by atoms with Crippen LogP contribution < -0.4 is 0 Å². The average molecular weight is 227 g/mol. The summed E-state index contributed by atoms with van der Waals surface area (Å²) in [4.78, 5) is 11.8. The minimum atomic E-state index is 0.102. The first kappa shape index (κ1) is 12.1. The molecule has 0 atom stereocenters. The van der Waals surface area contributed by atoms with Gasteiger partial charge in [0.25, 0.3) is 0 Å². The maximum atomic E-state index is 11.8. The highest BCUT2D eigenvalue weighted by Gasteiger charge is 2.12. The molecule has 0 radical (unpaired) electrons. The van der Waals surface area contributed by atoms with Crippen molar-refractivity contribution in [3.05, 3.63) is 28.8 Å². The van der Waals surface area contributed by atoms with Gasteiger partial charge in [-0.2, -0.15) is 0 Å². The lowest BCUT2D eigenvalue weighted by Crippen LogP contribution is -2.04. The van der Waals surface area contributed by atoms with E-state index >= 15 is 0 Å². The van der Waals surface area contributed by atoms with Gasteiger partial charge in [0.05, 0.1) is 0 Å². The Kier molecular flexibility index (Phi) is 4.15. The van der Waals surface area contributed by atoms with Gasteiger partial charge in [0.1, 0.15) is 5.75 Å². The number of ketones is 1. The van der Waals surface area contributed by atoms with Crippen molar-refractivity contribution >= 4 is 17.4 Å². The van der Waals surface area contributed by atoms with Crippen molar-refractivity contribution in [3.63, 3.8) is 0 Å². The summed E-state index contributed by atoms with van der Waals surface area (Å²) < 4.78 is 0. The van der Waals surface area contributed by atoms with Crippen LogP contribution in [-0.2, 0) is 0 Å². The van der Waals surface area contributed by atoms with Crippen LogP contribution in [0.4, 0.5) is 0 Å². The minimum Gasteiger partial charge on any atom is -0.508 e. The van der Waals surface area contributed by atoms with E-state index in [1.54, 1.807) is 12.1 Å². The zero-order chi connectivity index (χ0) is 11.4. The van der Waals surface area contributed by atoms with Crippen LogP contribution in [0.15, 0.2) is 12.1 Å². The maximum Gasteiger partial charge on any atom is 0.163 e. The van der Waals surface area contributed by atoms with Gasteiger partial charge in [-0.05, 0) is 43.5 Å². The van der Waals surface area contributed by atoms with Crippen molar-refractivity contribution in [2.45, 2.75) is 26.7 Å². The van der Waals surface area contributed by atoms with Crippen LogP contribution in [0, 0.1) is 13.8 Å². The lowest BCUT2D eigenvalue weighted by Gasteiger charge is -2.08. The Morgan fingerprint density at radius 2 is 1.87 bits per heavy atom. The van der Waals surface area contributed by atoms with Gasteiger partial charge in [0, 0.05) is 17.9 Å². The number of aromatic hydroxyl groups is 1. The molecule has 0 fully saturated rings. The fraction of sp³-hybridized carbons (Fsp3) is 0.417. The molecule has 0 heterocycles. The third-order valence-electron chi connectivity index (χ3n) is 2.33. The predicted molar refractivity (Wildman–Crippen MR) is 61.9 cm³/mol. The second kappa shape index (κ2) is 5.17. The third-order valence-corrected chi connectivity index (χ3v) is 2.60. The molecule has 15 heavy (non-hydrogen) atoms. The summed E-state index contributed by atoms with van der Waals surface area (Å²) in [6, 6.07) is 3.22. The van der Waals surface area contributed by atoms with E-state index in [4.69, 9.17) is 11.6 Å². The average Bonchev–Trinajstić information content (AvgIpc) is 2.12. The summed E-state index contributed by atoms with van der Waals surface area (Å²) in [6.07, 6.45) is 1.16. The van der Waals surface area contributed by atoms with Crippen molar-refractivity contribution < 1.29 is 9.90 Å². The number of aryl methyl sites for hydroxylation is 2. The van der Waals surface area contributed by atoms with E-state index in [1.807, 2.05) is 13.8 Å². The number of hydrogen-bond donors (Lipinski definition) is 1. The van der Waals surface area contributed by atoms with Gasteiger partial charge < -0.3 is 5.11 Å². The highest BCUT2D eigenvalue weighted by Crippen LogP contribution is 2.22. The van der Waals surface area contributed by atoms with E-state index in [1.165, 1.54) is 0 Å². The SMILES string of the molecule is Cc1cc(O)cc(C)c1C(=O)CCCCl. The van der Waals surface area contributed by atoms with Crippen LogP contribution >= 0.6 is 11.6 Å². The summed E-state index contributed by atoms with van der Waals surface area (Å²) in [5.41, 5.74) is 2.37. The number of hydrogen-bond acceptors (Lipinski definition) is 2. The summed E-state index contributed by atoms with van der Waals surface area (Å²) in [5.74, 6) is 0.812. The number of carbonyl (C=O) groups is 1. The van der Waals surface area contributed by atoms with E-state index in [2.05, 4.69) is 0 Å². The lowest BCUT2D eigenvalue weighted by atomic mass is 9.96. The molecule has 0 bridgehead atoms. The smallest absolute Gasteiger partial charge is 0.163 e. The molecule has 0 saturated heterocycles. The van der Waals surface area contributed by atoms with Crippen LogP contribution in [0.2, 0.25) is 0 Å². The van der Waals surface area contributed by atoms with Crippen molar-refractivity contribution in [1.29, 1.82) is 0 Å². The van der Waals surface area contributed by atoms with Gasteiger partial charge in [-0.1, -0.05) is 0 Å². The quantitative estimate of drug-likeness (QED) is 0.632. The van der Waals surface area contributed by atoms with Gasteiger partial charge in [0.2, 0.25) is 0 Å². The van der Waals surface area contributed by atoms with Crippen molar-refractivity contribution in [2.24, 2.45) is 0 Å². The van der Waals surface area contributed by atoms with Crippen LogP contribution in [0.5, 0.6) is 5.75 Å². The zero-order valence-electron chi connectivity index (χ0n) is 9.01. The molecule has 0 aliphatic rings. The van der Waals surface area contributed by atoms with E-state index < -0.39 is 0 Å². The predicted octanol–water partition coefficient (Wildman–Crippen LogP) is 3.21. The Morgan fingerprint density at radius 3 is 2.33 bits per heavy atom. The number of phenolic OH excluding ortho intramolecular Hbond substituents is 1. The molecule has 0 aliphatic carbocycles. The number of phenols is 1. The molecule has 0 aromatic heterocycles. The van der Waals surface area contributed by atoms with E-state index in [0.29, 0.717) is 18.7 Å². The highest BCUT2D eigenvalue weighted by atomic mass is 35.5. The molecule has 1 aromatic rings. The van der Waals surface area contributed by atoms with Gasteiger partial charge in [-0.15, -0.1) is 11.6 Å². The number of Topliss-reactive ketones (excluding diaryl/α,β-unsaturated/α-hetero) is 1. The summed E-state index contributed by atoms with van der Waals surface area (Å²) in [7, 11) is 0. The van der Waals surface area contributed by atoms with Crippen LogP contribution in [-0.4, -0.2) is 16.8 Å². The van der Waals surface area contributed by atoms with E-state index in [0.717, 1.165) is 16.7 Å². The molecular weight excluding hydrogens is 212 g/mol. The summed E-state index contributed by atoms with van der Waals surface area (Å²) >= 11 is 5.55. The number of alkyl halides is 1. The molecule has 0 aliphatic heterocycles. The second-order valence-corrected chi connectivity index (χ2v) is 4.05. The Balaban J connectivity index is 2.98. The topological polar surface area (TPSA) is 37.3 Å². The van der Waals surface area contributed by atoms with Crippen molar-refractivity contribution in [1.82, 2.24) is 0 Å². The molecule has 0 spiro atoms. The van der Waals surface area contributed by atoms with Crippen molar-refractivity contribution in [2.75, 3.05) is 5.88 Å². The fourth-order valence-electron chi connectivity index (χ4n) is 1.73. The molecule has 1 rings (SSSR count). The lowest BCUT2D eigenvalue weighted by molar-refractivity contribution is 0.0981. The molecule has 0 unspecified atom stereocenters. The molecule has 0 saturated carbocycles. The maximum absolute atomic E-state index is 11.8. The first-order valence-corrected chi connectivity index (χ1v) is 5.49. The van der Waals surface area contributed by atoms with Gasteiger partial charge >= 0.3 is 0 Å². The standard InChI is InChI=1S/C12H15ClO2/c1-8-6-10(14)7-9(2)12(8)11(15)4-3-5-13/h6-7,14H,3-5H2,1-2H3. The number of halogens is 1. The van der Waals surface area contributed by atoms with Crippen molar-refractivity contribution in [3.8, 4) is 5.75 Å².